The van der Waals surface area contributed by atoms with Gasteiger partial charge < -0.3 is 0 Å². The Balaban J connectivity index is 2.02. The molecule has 0 heterocycles. The third kappa shape index (κ3) is 2.36. The van der Waals surface area contributed by atoms with Crippen LogP contribution >= 0.6 is 15.9 Å². The minimum atomic E-state index is -0.312. The molecule has 0 fully saturated rings. The molecule has 0 aliphatic heterocycles. The third-order valence-electron chi connectivity index (χ3n) is 5.90. The maximum atomic E-state index is 3.88. The number of rotatable bonds is 2. The lowest BCUT2D eigenvalue weighted by Crippen LogP contribution is -2.28. The topological polar surface area (TPSA) is 0 Å². The Morgan fingerprint density at radius 1 is 0.607 bits per heavy atom. The molecule has 0 amide bonds. The lowest BCUT2D eigenvalue weighted by Gasteiger charge is -2.34. The number of fused-ring (bicyclic) bond motifs is 3. The summed E-state index contributed by atoms with van der Waals surface area (Å²) in [4.78, 5) is 0. The largest absolute Gasteiger partial charge is 0.0714 e. The molecule has 0 atom stereocenters. The van der Waals surface area contributed by atoms with E-state index >= 15 is 0 Å². The quantitative estimate of drug-likeness (QED) is 0.276. The summed E-state index contributed by atoms with van der Waals surface area (Å²) in [5.41, 5.74) is 10.2. The minimum Gasteiger partial charge on any atom is -0.0622 e. The first-order chi connectivity index (χ1) is 13.6. The summed E-state index contributed by atoms with van der Waals surface area (Å²) in [5, 5.41) is 0. The fourth-order valence-electron chi connectivity index (χ4n) is 4.81. The average Bonchev–Trinajstić information content (AvgIpc) is 2.99. The fraction of sp³-hybridized carbons (Fsp3) is 0.111. The van der Waals surface area contributed by atoms with Gasteiger partial charge in [-0.15, -0.1) is 0 Å². The van der Waals surface area contributed by atoms with Crippen molar-refractivity contribution in [2.24, 2.45) is 0 Å². The Morgan fingerprint density at radius 2 is 1.18 bits per heavy atom. The Kier molecular flexibility index (Phi) is 4.03. The van der Waals surface area contributed by atoms with Crippen molar-refractivity contribution >= 4 is 15.9 Å². The molecule has 4 aromatic rings. The molecule has 1 heteroatoms. The highest BCUT2D eigenvalue weighted by atomic mass is 79.9. The predicted octanol–water partition coefficient (Wildman–Crippen LogP) is 7.43. The summed E-state index contributed by atoms with van der Waals surface area (Å²) in [7, 11) is 0. The molecule has 5 rings (SSSR count). The van der Waals surface area contributed by atoms with Gasteiger partial charge in [0.1, 0.15) is 0 Å². The van der Waals surface area contributed by atoms with Gasteiger partial charge in [-0.25, -0.2) is 0 Å². The van der Waals surface area contributed by atoms with E-state index in [-0.39, 0.29) is 5.41 Å². The van der Waals surface area contributed by atoms with Crippen LogP contribution in [0.3, 0.4) is 0 Å². The van der Waals surface area contributed by atoms with Crippen LogP contribution in [-0.2, 0) is 5.41 Å². The van der Waals surface area contributed by atoms with Crippen LogP contribution in [0.2, 0.25) is 0 Å². The lowest BCUT2D eigenvalue weighted by atomic mass is 9.67. The smallest absolute Gasteiger partial charge is 0.0622 e. The van der Waals surface area contributed by atoms with Gasteiger partial charge in [-0.1, -0.05) is 106 Å². The maximum Gasteiger partial charge on any atom is 0.0714 e. The number of hydrogen-bond acceptors (Lipinski definition) is 0. The fourth-order valence-corrected chi connectivity index (χ4v) is 5.60. The SMILES string of the molecule is Cc1ccc2c(c1)C(c1ccccc1)(c1ccccc1)c1cc(C)cc(Br)c1-2. The van der Waals surface area contributed by atoms with E-state index in [2.05, 4.69) is 121 Å². The summed E-state index contributed by atoms with van der Waals surface area (Å²) in [5.74, 6) is 0. The van der Waals surface area contributed by atoms with E-state index in [0.717, 1.165) is 0 Å². The molecule has 0 aromatic heterocycles. The molecule has 0 saturated heterocycles. The van der Waals surface area contributed by atoms with E-state index in [9.17, 15) is 0 Å². The summed E-state index contributed by atoms with van der Waals surface area (Å²) in [6.07, 6.45) is 0. The highest BCUT2D eigenvalue weighted by Crippen LogP contribution is 2.58. The van der Waals surface area contributed by atoms with Crippen LogP contribution in [0.4, 0.5) is 0 Å². The van der Waals surface area contributed by atoms with E-state index in [1.807, 2.05) is 0 Å². The first-order valence-corrected chi connectivity index (χ1v) is 10.4. The Hall–Kier alpha value is -2.64. The standard InChI is InChI=1S/C27H21Br/c1-18-13-14-22-23(15-18)27(20-9-5-3-6-10-20,21-11-7-4-8-12-21)24-16-19(2)17-25(28)26(22)24/h3-17H,1-2H3. The molecular formula is C27H21Br. The summed E-state index contributed by atoms with van der Waals surface area (Å²) >= 11 is 3.88. The number of benzene rings is 4. The van der Waals surface area contributed by atoms with Crippen LogP contribution in [0, 0.1) is 13.8 Å². The van der Waals surface area contributed by atoms with E-state index in [4.69, 9.17) is 0 Å². The molecule has 0 spiro atoms. The molecule has 0 bridgehead atoms. The zero-order valence-electron chi connectivity index (χ0n) is 16.0. The van der Waals surface area contributed by atoms with Crippen molar-refractivity contribution in [2.45, 2.75) is 19.3 Å². The molecule has 0 saturated carbocycles. The van der Waals surface area contributed by atoms with Crippen LogP contribution in [-0.4, -0.2) is 0 Å². The average molecular weight is 425 g/mol. The van der Waals surface area contributed by atoms with Crippen LogP contribution in [0.15, 0.2) is 95.5 Å². The molecule has 4 aromatic carbocycles. The molecule has 0 unspecified atom stereocenters. The molecule has 0 N–H and O–H groups in total. The second-order valence-electron chi connectivity index (χ2n) is 7.70. The highest BCUT2D eigenvalue weighted by molar-refractivity contribution is 9.10. The van der Waals surface area contributed by atoms with Crippen LogP contribution < -0.4 is 0 Å². The van der Waals surface area contributed by atoms with Crippen molar-refractivity contribution in [1.29, 1.82) is 0 Å². The molecule has 1 aliphatic rings. The van der Waals surface area contributed by atoms with Crippen molar-refractivity contribution in [1.82, 2.24) is 0 Å². The number of halogens is 1. The Morgan fingerprint density at radius 3 is 1.79 bits per heavy atom. The van der Waals surface area contributed by atoms with Crippen molar-refractivity contribution in [2.75, 3.05) is 0 Å². The van der Waals surface area contributed by atoms with Crippen molar-refractivity contribution in [3.63, 3.8) is 0 Å². The summed E-state index contributed by atoms with van der Waals surface area (Å²) < 4.78 is 1.17. The van der Waals surface area contributed by atoms with Gasteiger partial charge in [0.05, 0.1) is 5.41 Å². The van der Waals surface area contributed by atoms with Crippen molar-refractivity contribution in [3.05, 3.63) is 129 Å². The van der Waals surface area contributed by atoms with Crippen LogP contribution in [0.1, 0.15) is 33.4 Å². The minimum absolute atomic E-state index is 0.312. The molecule has 0 nitrogen and oxygen atoms in total. The normalized spacial score (nSPS) is 13.8. The predicted molar refractivity (Wildman–Crippen MR) is 121 cm³/mol. The van der Waals surface area contributed by atoms with Gasteiger partial charge in [0, 0.05) is 10.0 Å². The van der Waals surface area contributed by atoms with Gasteiger partial charge in [-0.2, -0.15) is 0 Å². The molecule has 28 heavy (non-hydrogen) atoms. The first kappa shape index (κ1) is 17.5. The van der Waals surface area contributed by atoms with E-state index in [0.29, 0.717) is 0 Å². The Bertz CT molecular complexity index is 1130. The van der Waals surface area contributed by atoms with Gasteiger partial charge in [0.15, 0.2) is 0 Å². The zero-order chi connectivity index (χ0) is 19.3. The molecule has 0 radical (unpaired) electrons. The first-order valence-electron chi connectivity index (χ1n) is 9.65. The van der Waals surface area contributed by atoms with Crippen LogP contribution in [0.25, 0.3) is 11.1 Å². The zero-order valence-corrected chi connectivity index (χ0v) is 17.6. The summed E-state index contributed by atoms with van der Waals surface area (Å²) in [6, 6.07) is 33.4. The van der Waals surface area contributed by atoms with E-state index in [1.54, 1.807) is 0 Å². The summed E-state index contributed by atoms with van der Waals surface area (Å²) in [6.45, 7) is 4.37. The number of hydrogen-bond donors (Lipinski definition) is 0. The third-order valence-corrected chi connectivity index (χ3v) is 6.53. The van der Waals surface area contributed by atoms with Gasteiger partial charge in [0.2, 0.25) is 0 Å². The molecular weight excluding hydrogens is 404 g/mol. The van der Waals surface area contributed by atoms with E-state index in [1.165, 1.54) is 49.0 Å². The Labute approximate surface area is 175 Å². The van der Waals surface area contributed by atoms with Crippen molar-refractivity contribution < 1.29 is 0 Å². The highest BCUT2D eigenvalue weighted by Gasteiger charge is 2.46. The van der Waals surface area contributed by atoms with E-state index < -0.39 is 0 Å². The van der Waals surface area contributed by atoms with Crippen molar-refractivity contribution in [3.8, 4) is 11.1 Å². The second-order valence-corrected chi connectivity index (χ2v) is 8.55. The van der Waals surface area contributed by atoms with Crippen LogP contribution in [0.5, 0.6) is 0 Å². The maximum absolute atomic E-state index is 3.88. The molecule has 136 valence electrons. The second kappa shape index (κ2) is 6.46. The lowest BCUT2D eigenvalue weighted by molar-refractivity contribution is 0.766. The van der Waals surface area contributed by atoms with Gasteiger partial charge in [0.25, 0.3) is 0 Å². The van der Waals surface area contributed by atoms with Gasteiger partial charge in [-0.05, 0) is 53.3 Å². The van der Waals surface area contributed by atoms with Gasteiger partial charge in [-0.3, -0.25) is 0 Å². The molecule has 1 aliphatic carbocycles. The number of aryl methyl sites for hydroxylation is 2. The van der Waals surface area contributed by atoms with Gasteiger partial charge >= 0.3 is 0 Å². The monoisotopic (exact) mass is 424 g/mol.